The van der Waals surface area contributed by atoms with Crippen molar-refractivity contribution in [2.45, 2.75) is 26.7 Å². The summed E-state index contributed by atoms with van der Waals surface area (Å²) < 4.78 is 26.7. The minimum atomic E-state index is -0.286. The Morgan fingerprint density at radius 3 is 2.33 bits per heavy atom. The van der Waals surface area contributed by atoms with Gasteiger partial charge in [-0.25, -0.2) is 4.39 Å². The summed E-state index contributed by atoms with van der Waals surface area (Å²) in [5.74, 6) is 0.737. The van der Waals surface area contributed by atoms with Gasteiger partial charge >= 0.3 is 0 Å². The van der Waals surface area contributed by atoms with Crippen molar-refractivity contribution in [3.05, 3.63) is 35.4 Å². The van der Waals surface area contributed by atoms with E-state index >= 15 is 0 Å². The maximum absolute atomic E-state index is 14.1. The fraction of sp³-hybridized carbons (Fsp3) is 0.467. The van der Waals surface area contributed by atoms with E-state index in [-0.39, 0.29) is 5.82 Å². The van der Waals surface area contributed by atoms with E-state index < -0.39 is 0 Å². The van der Waals surface area contributed by atoms with Crippen molar-refractivity contribution < 1.29 is 13.9 Å². The second-order valence-electron chi connectivity index (χ2n) is 4.64. The molecule has 0 bridgehead atoms. The third-order valence-corrected chi connectivity index (χ3v) is 3.01. The number of aryl methyl sites for hydroxylation is 3. The highest BCUT2D eigenvalue weighted by atomic mass is 19.1. The number of nitrogens with zero attached hydrogens (tertiary/aromatic N) is 3. The fourth-order valence-corrected chi connectivity index (χ4v) is 2.08. The third-order valence-electron chi connectivity index (χ3n) is 3.01. The first kappa shape index (κ1) is 15.3. The number of rotatable bonds is 7. The minimum absolute atomic E-state index is 0.286. The Balaban J connectivity index is 2.16. The Kier molecular flexibility index (Phi) is 5.14. The summed E-state index contributed by atoms with van der Waals surface area (Å²) in [5, 5.41) is 7.87. The molecule has 0 radical (unpaired) electrons. The molecule has 0 N–H and O–H groups in total. The van der Waals surface area contributed by atoms with Gasteiger partial charge in [-0.2, -0.15) is 0 Å². The summed E-state index contributed by atoms with van der Waals surface area (Å²) >= 11 is 0. The lowest BCUT2D eigenvalue weighted by molar-refractivity contribution is 0.285. The van der Waals surface area contributed by atoms with E-state index in [1.54, 1.807) is 17.8 Å². The Morgan fingerprint density at radius 2 is 1.76 bits per heavy atom. The zero-order valence-corrected chi connectivity index (χ0v) is 12.6. The molecule has 2 rings (SSSR count). The van der Waals surface area contributed by atoms with Gasteiger partial charge in [0, 0.05) is 19.3 Å². The number of ether oxygens (including phenoxy) is 2. The molecule has 0 unspecified atom stereocenters. The quantitative estimate of drug-likeness (QED) is 0.787. The number of halogens is 1. The van der Waals surface area contributed by atoms with Crippen LogP contribution in [0.3, 0.4) is 0 Å². The first-order valence-electron chi connectivity index (χ1n) is 7.07. The van der Waals surface area contributed by atoms with E-state index in [9.17, 15) is 4.39 Å². The fourth-order valence-electron chi connectivity index (χ4n) is 2.08. The predicted molar refractivity (Wildman–Crippen MR) is 77.1 cm³/mol. The molecule has 114 valence electrons. The van der Waals surface area contributed by atoms with E-state index in [0.29, 0.717) is 43.1 Å². The molecule has 1 heterocycles. The van der Waals surface area contributed by atoms with E-state index in [1.165, 1.54) is 6.07 Å². The molecule has 2 aromatic rings. The van der Waals surface area contributed by atoms with E-state index in [1.807, 2.05) is 20.0 Å². The van der Waals surface area contributed by atoms with Crippen molar-refractivity contribution in [3.8, 4) is 11.5 Å². The lowest BCUT2D eigenvalue weighted by Gasteiger charge is -2.13. The molecule has 0 aliphatic heterocycles. The van der Waals surface area contributed by atoms with Gasteiger partial charge in [0.1, 0.15) is 5.82 Å². The zero-order chi connectivity index (χ0) is 15.2. The highest BCUT2D eigenvalue weighted by Gasteiger charge is 2.12. The van der Waals surface area contributed by atoms with Crippen molar-refractivity contribution in [1.82, 2.24) is 15.0 Å². The monoisotopic (exact) mass is 293 g/mol. The normalized spacial score (nSPS) is 10.7. The van der Waals surface area contributed by atoms with E-state index in [0.717, 1.165) is 5.69 Å². The summed E-state index contributed by atoms with van der Waals surface area (Å²) in [6.45, 7) is 4.72. The number of hydrogen-bond donors (Lipinski definition) is 0. The minimum Gasteiger partial charge on any atom is -0.490 e. The van der Waals surface area contributed by atoms with Gasteiger partial charge in [-0.05, 0) is 38.3 Å². The molecule has 0 aliphatic rings. The summed E-state index contributed by atoms with van der Waals surface area (Å²) in [5.41, 5.74) is 1.43. The molecule has 5 nitrogen and oxygen atoms in total. The Morgan fingerprint density at radius 1 is 1.10 bits per heavy atom. The van der Waals surface area contributed by atoms with E-state index in [4.69, 9.17) is 9.47 Å². The van der Waals surface area contributed by atoms with Crippen LogP contribution in [0.2, 0.25) is 0 Å². The van der Waals surface area contributed by atoms with E-state index in [2.05, 4.69) is 10.3 Å². The maximum Gasteiger partial charge on any atom is 0.164 e. The molecule has 0 saturated carbocycles. The lowest BCUT2D eigenvalue weighted by Crippen LogP contribution is -2.02. The van der Waals surface area contributed by atoms with Crippen LogP contribution in [0.25, 0.3) is 0 Å². The van der Waals surface area contributed by atoms with Crippen molar-refractivity contribution in [1.29, 1.82) is 0 Å². The van der Waals surface area contributed by atoms with Gasteiger partial charge in [-0.1, -0.05) is 5.21 Å². The Hall–Kier alpha value is -2.11. The lowest BCUT2D eigenvalue weighted by atomic mass is 10.1. The molecule has 0 amide bonds. The van der Waals surface area contributed by atoms with Crippen LogP contribution in [-0.4, -0.2) is 28.2 Å². The van der Waals surface area contributed by atoms with Crippen molar-refractivity contribution >= 4 is 0 Å². The van der Waals surface area contributed by atoms with Gasteiger partial charge in [0.15, 0.2) is 11.5 Å². The molecular weight excluding hydrogens is 273 g/mol. The van der Waals surface area contributed by atoms with Crippen molar-refractivity contribution in [2.75, 3.05) is 13.2 Å². The first-order chi connectivity index (χ1) is 10.1. The average molecular weight is 293 g/mol. The molecule has 21 heavy (non-hydrogen) atoms. The van der Waals surface area contributed by atoms with Crippen molar-refractivity contribution in [2.24, 2.45) is 7.05 Å². The predicted octanol–water partition coefficient (Wildman–Crippen LogP) is 2.54. The van der Waals surface area contributed by atoms with Gasteiger partial charge in [-0.3, -0.25) is 4.68 Å². The Bertz CT molecular complexity index is 599. The van der Waals surface area contributed by atoms with Crippen LogP contribution in [0.1, 0.15) is 25.1 Å². The molecule has 6 heteroatoms. The highest BCUT2D eigenvalue weighted by molar-refractivity contribution is 5.44. The SMILES string of the molecule is CCOc1cc(F)c(CCc2cn(C)nn2)cc1OCC. The van der Waals surface area contributed by atoms with Crippen molar-refractivity contribution in [3.63, 3.8) is 0 Å². The molecule has 0 aliphatic carbocycles. The number of hydrogen-bond acceptors (Lipinski definition) is 4. The standard InChI is InChI=1S/C15H20FN3O2/c1-4-20-14-8-11(13(16)9-15(14)21-5-2)6-7-12-10-19(3)18-17-12/h8-10H,4-7H2,1-3H3. The maximum atomic E-state index is 14.1. The molecule has 0 atom stereocenters. The van der Waals surface area contributed by atoms with Crippen LogP contribution in [0.4, 0.5) is 4.39 Å². The largest absolute Gasteiger partial charge is 0.490 e. The van der Waals surface area contributed by atoms with Gasteiger partial charge in [0.05, 0.1) is 18.9 Å². The summed E-state index contributed by atoms with van der Waals surface area (Å²) in [4.78, 5) is 0. The zero-order valence-electron chi connectivity index (χ0n) is 12.6. The molecule has 0 spiro atoms. The first-order valence-corrected chi connectivity index (χ1v) is 7.07. The van der Waals surface area contributed by atoms with Gasteiger partial charge in [0.25, 0.3) is 0 Å². The van der Waals surface area contributed by atoms with Gasteiger partial charge in [0.2, 0.25) is 0 Å². The topological polar surface area (TPSA) is 49.2 Å². The average Bonchev–Trinajstić information content (AvgIpc) is 2.86. The molecule has 1 aromatic carbocycles. The summed E-state index contributed by atoms with van der Waals surface area (Å²) in [7, 11) is 1.81. The molecule has 1 aromatic heterocycles. The van der Waals surface area contributed by atoms with Crippen LogP contribution in [0, 0.1) is 5.82 Å². The molecule has 0 saturated heterocycles. The highest BCUT2D eigenvalue weighted by Crippen LogP contribution is 2.31. The molecule has 0 fully saturated rings. The number of aromatic nitrogens is 3. The smallest absolute Gasteiger partial charge is 0.164 e. The van der Waals surface area contributed by atoms with Crippen LogP contribution in [-0.2, 0) is 19.9 Å². The summed E-state index contributed by atoms with van der Waals surface area (Å²) in [6.07, 6.45) is 3.00. The second kappa shape index (κ2) is 7.06. The third kappa shape index (κ3) is 3.93. The van der Waals surface area contributed by atoms with Gasteiger partial charge < -0.3 is 9.47 Å². The van der Waals surface area contributed by atoms with Crippen LogP contribution >= 0.6 is 0 Å². The summed E-state index contributed by atoms with van der Waals surface area (Å²) in [6, 6.07) is 3.10. The van der Waals surface area contributed by atoms with Crippen LogP contribution < -0.4 is 9.47 Å². The second-order valence-corrected chi connectivity index (χ2v) is 4.64. The van der Waals surface area contributed by atoms with Crippen LogP contribution in [0.5, 0.6) is 11.5 Å². The molecular formula is C15H20FN3O2. The number of benzene rings is 1. The Labute approximate surface area is 123 Å². The van der Waals surface area contributed by atoms with Crippen LogP contribution in [0.15, 0.2) is 18.3 Å². The van der Waals surface area contributed by atoms with Gasteiger partial charge in [-0.15, -0.1) is 5.10 Å².